The van der Waals surface area contributed by atoms with Gasteiger partial charge < -0.3 is 14.6 Å². The summed E-state index contributed by atoms with van der Waals surface area (Å²) in [5.41, 5.74) is 0.140. The van der Waals surface area contributed by atoms with Crippen molar-refractivity contribution < 1.29 is 23.6 Å². The molecule has 0 bridgehead atoms. The molecule has 0 fully saturated rings. The summed E-state index contributed by atoms with van der Waals surface area (Å²) in [7, 11) is 0.337. The van der Waals surface area contributed by atoms with Crippen LogP contribution >= 0.6 is 0 Å². The van der Waals surface area contributed by atoms with Crippen LogP contribution in [0.25, 0.3) is 0 Å². The van der Waals surface area contributed by atoms with Gasteiger partial charge in [0, 0.05) is 12.0 Å². The second-order valence-electron chi connectivity index (χ2n) is 3.49. The van der Waals surface area contributed by atoms with E-state index in [1.807, 2.05) is 0 Å². The average Bonchev–Trinajstić information content (AvgIpc) is 2.38. The molecule has 18 heavy (non-hydrogen) atoms. The van der Waals surface area contributed by atoms with Crippen LogP contribution in [0.15, 0.2) is 29.2 Å². The van der Waals surface area contributed by atoms with Gasteiger partial charge in [0.05, 0.1) is 41.9 Å². The fourth-order valence-electron chi connectivity index (χ4n) is 1.27. The molecule has 0 aromatic heterocycles. The zero-order valence-electron chi connectivity index (χ0n) is 10.1. The van der Waals surface area contributed by atoms with Crippen molar-refractivity contribution in [3.05, 3.63) is 29.8 Å². The molecule has 0 aliphatic carbocycles. The Hall–Kier alpha value is -1.24. The molecule has 0 radical (unpaired) electrons. The van der Waals surface area contributed by atoms with E-state index in [9.17, 15) is 9.00 Å². The molecular weight excluding hydrogens is 256 g/mol. The normalized spacial score (nSPS) is 12.3. The Labute approximate surface area is 108 Å². The maximum absolute atomic E-state index is 11.9. The predicted octanol–water partition coefficient (Wildman–Crippen LogP) is 1.16. The zero-order chi connectivity index (χ0) is 13.4. The lowest BCUT2D eigenvalue weighted by Crippen LogP contribution is -2.10. The van der Waals surface area contributed by atoms with Crippen molar-refractivity contribution in [2.24, 2.45) is 0 Å². The molecule has 0 heterocycles. The van der Waals surface area contributed by atoms with Crippen LogP contribution in [-0.4, -0.2) is 48.0 Å². The van der Waals surface area contributed by atoms with Gasteiger partial charge in [-0.1, -0.05) is 6.07 Å². The second kappa shape index (κ2) is 7.97. The highest BCUT2D eigenvalue weighted by Crippen LogP contribution is 2.10. The molecule has 0 saturated carbocycles. The fraction of sp³-hybridized carbons (Fsp3) is 0.417. The van der Waals surface area contributed by atoms with Gasteiger partial charge in [0.25, 0.3) is 0 Å². The molecule has 1 N–H and O–H groups in total. The molecule has 5 nitrogen and oxygen atoms in total. The number of ether oxygens (including phenoxy) is 2. The van der Waals surface area contributed by atoms with E-state index in [0.29, 0.717) is 30.5 Å². The van der Waals surface area contributed by atoms with E-state index in [0.717, 1.165) is 0 Å². The Morgan fingerprint density at radius 3 is 2.78 bits per heavy atom. The molecule has 0 aliphatic heterocycles. The summed E-state index contributed by atoms with van der Waals surface area (Å²) in [6, 6.07) is 6.13. The topological polar surface area (TPSA) is 72.8 Å². The third kappa shape index (κ3) is 4.95. The van der Waals surface area contributed by atoms with Crippen LogP contribution in [-0.2, 0) is 20.3 Å². The van der Waals surface area contributed by atoms with Crippen molar-refractivity contribution in [2.45, 2.75) is 4.90 Å². The zero-order valence-corrected chi connectivity index (χ0v) is 10.9. The highest BCUT2D eigenvalue weighted by molar-refractivity contribution is 7.85. The number of aromatic carboxylic acids is 1. The summed E-state index contributed by atoms with van der Waals surface area (Å²) in [5, 5.41) is 8.83. The van der Waals surface area contributed by atoms with Gasteiger partial charge in [-0.15, -0.1) is 0 Å². The minimum atomic E-state index is -1.24. The number of carboxylic acid groups (broad SMARTS) is 1. The highest BCUT2D eigenvalue weighted by Gasteiger charge is 2.08. The third-order valence-corrected chi connectivity index (χ3v) is 3.51. The molecular formula is C12H16O5S. The smallest absolute Gasteiger partial charge is 0.335 e. The van der Waals surface area contributed by atoms with Crippen molar-refractivity contribution in [3.8, 4) is 0 Å². The number of rotatable bonds is 8. The van der Waals surface area contributed by atoms with Crippen LogP contribution in [0.1, 0.15) is 10.4 Å². The molecule has 0 saturated heterocycles. The first-order valence-electron chi connectivity index (χ1n) is 5.43. The molecule has 0 spiro atoms. The van der Waals surface area contributed by atoms with E-state index >= 15 is 0 Å². The minimum absolute atomic E-state index is 0.140. The third-order valence-electron chi connectivity index (χ3n) is 2.19. The van der Waals surface area contributed by atoms with Gasteiger partial charge in [-0.3, -0.25) is 4.21 Å². The molecule has 1 unspecified atom stereocenters. The summed E-state index contributed by atoms with van der Waals surface area (Å²) in [6.07, 6.45) is 0. The van der Waals surface area contributed by atoms with Gasteiger partial charge in [0.2, 0.25) is 0 Å². The van der Waals surface area contributed by atoms with Gasteiger partial charge in [0.15, 0.2) is 0 Å². The summed E-state index contributed by atoms with van der Waals surface area (Å²) in [5.74, 6) is -0.683. The van der Waals surface area contributed by atoms with E-state index in [1.165, 1.54) is 12.1 Å². The van der Waals surface area contributed by atoms with Gasteiger partial charge in [-0.05, 0) is 18.2 Å². The van der Waals surface area contributed by atoms with Crippen LogP contribution in [0.5, 0.6) is 0 Å². The van der Waals surface area contributed by atoms with Crippen molar-refractivity contribution in [1.82, 2.24) is 0 Å². The van der Waals surface area contributed by atoms with Gasteiger partial charge >= 0.3 is 5.97 Å². The molecule has 0 amide bonds. The monoisotopic (exact) mass is 272 g/mol. The Balaban J connectivity index is 2.46. The molecule has 1 atom stereocenters. The molecule has 0 aliphatic rings. The van der Waals surface area contributed by atoms with Gasteiger partial charge in [-0.2, -0.15) is 0 Å². The summed E-state index contributed by atoms with van der Waals surface area (Å²) < 4.78 is 21.9. The van der Waals surface area contributed by atoms with E-state index < -0.39 is 16.8 Å². The molecule has 1 aromatic rings. The van der Waals surface area contributed by atoms with Crippen LogP contribution in [0.3, 0.4) is 0 Å². The fourth-order valence-corrected chi connectivity index (χ4v) is 2.26. The number of carboxylic acids is 1. The SMILES string of the molecule is COCCOCCS(=O)c1cccc(C(=O)O)c1. The first kappa shape index (κ1) is 14.8. The first-order valence-corrected chi connectivity index (χ1v) is 6.75. The molecule has 6 heteroatoms. The van der Waals surface area contributed by atoms with Crippen LogP contribution in [0.2, 0.25) is 0 Å². The van der Waals surface area contributed by atoms with Gasteiger partial charge in [0.1, 0.15) is 0 Å². The van der Waals surface area contributed by atoms with Crippen molar-refractivity contribution in [1.29, 1.82) is 0 Å². The van der Waals surface area contributed by atoms with Gasteiger partial charge in [-0.25, -0.2) is 4.79 Å². The molecule has 1 rings (SSSR count). The van der Waals surface area contributed by atoms with Crippen molar-refractivity contribution in [2.75, 3.05) is 32.7 Å². The Bertz CT molecular complexity index is 419. The standard InChI is InChI=1S/C12H16O5S/c1-16-5-6-17-7-8-18(15)11-4-2-3-10(9-11)12(13)14/h2-4,9H,5-8H2,1H3,(H,13,14). The Morgan fingerprint density at radius 2 is 2.11 bits per heavy atom. The Kier molecular flexibility index (Phi) is 6.56. The molecule has 100 valence electrons. The van der Waals surface area contributed by atoms with E-state index in [1.54, 1.807) is 19.2 Å². The van der Waals surface area contributed by atoms with E-state index in [-0.39, 0.29) is 5.56 Å². The Morgan fingerprint density at radius 1 is 1.33 bits per heavy atom. The number of methoxy groups -OCH3 is 1. The number of carbonyl (C=O) groups is 1. The van der Waals surface area contributed by atoms with Crippen LogP contribution in [0, 0.1) is 0 Å². The summed E-state index contributed by atoms with van der Waals surface area (Å²) in [4.78, 5) is 11.3. The lowest BCUT2D eigenvalue weighted by atomic mass is 10.2. The van der Waals surface area contributed by atoms with Crippen molar-refractivity contribution >= 4 is 16.8 Å². The maximum atomic E-state index is 11.9. The lowest BCUT2D eigenvalue weighted by Gasteiger charge is -2.05. The summed E-state index contributed by atoms with van der Waals surface area (Å²) in [6.45, 7) is 1.32. The van der Waals surface area contributed by atoms with Crippen LogP contribution < -0.4 is 0 Å². The van der Waals surface area contributed by atoms with Crippen LogP contribution in [0.4, 0.5) is 0 Å². The minimum Gasteiger partial charge on any atom is -0.478 e. The molecule has 1 aromatic carbocycles. The summed E-state index contributed by atoms with van der Waals surface area (Å²) >= 11 is 0. The number of hydrogen-bond donors (Lipinski definition) is 1. The average molecular weight is 272 g/mol. The van der Waals surface area contributed by atoms with Crippen molar-refractivity contribution in [3.63, 3.8) is 0 Å². The number of hydrogen-bond acceptors (Lipinski definition) is 4. The van der Waals surface area contributed by atoms with E-state index in [2.05, 4.69) is 0 Å². The quantitative estimate of drug-likeness (QED) is 0.719. The maximum Gasteiger partial charge on any atom is 0.335 e. The predicted molar refractivity (Wildman–Crippen MR) is 67.4 cm³/mol. The largest absolute Gasteiger partial charge is 0.478 e. The lowest BCUT2D eigenvalue weighted by molar-refractivity contribution is 0.0696. The first-order chi connectivity index (χ1) is 8.65. The second-order valence-corrected chi connectivity index (χ2v) is 5.06. The van der Waals surface area contributed by atoms with E-state index in [4.69, 9.17) is 14.6 Å². The highest BCUT2D eigenvalue weighted by atomic mass is 32.2. The number of benzene rings is 1.